The molecule has 0 amide bonds. The van der Waals surface area contributed by atoms with Gasteiger partial charge in [0.25, 0.3) is 0 Å². The maximum atomic E-state index is 5.45. The second-order valence-corrected chi connectivity index (χ2v) is 5.92. The van der Waals surface area contributed by atoms with E-state index < -0.39 is 0 Å². The highest BCUT2D eigenvalue weighted by Gasteiger charge is 2.42. The monoisotopic (exact) mass is 233 g/mol. The molecule has 1 saturated heterocycles. The van der Waals surface area contributed by atoms with Gasteiger partial charge >= 0.3 is 0 Å². The Morgan fingerprint density at radius 1 is 1.18 bits per heavy atom. The van der Waals surface area contributed by atoms with E-state index in [1.54, 1.807) is 0 Å². The van der Waals surface area contributed by atoms with Gasteiger partial charge in [0.15, 0.2) is 5.82 Å². The molecule has 0 spiro atoms. The van der Waals surface area contributed by atoms with Crippen LogP contribution in [-0.2, 0) is 0 Å². The van der Waals surface area contributed by atoms with Crippen molar-refractivity contribution in [1.29, 1.82) is 0 Å². The minimum Gasteiger partial charge on any atom is -0.338 e. The average Bonchev–Trinajstić information content (AvgIpc) is 3.12. The fraction of sp³-hybridized carbons (Fsp3) is 0.846. The molecule has 2 saturated carbocycles. The standard InChI is InChI=1S/C13H19N3O/c1-2-11(14-5-1)13-15-12(16-17-13)10-7-8-3-4-9(10)6-8/h8-11,14H,1-7H2/t8?,9?,10?,11-/m1/s1. The molecule has 1 aliphatic heterocycles. The molecule has 3 fully saturated rings. The molecule has 0 aromatic carbocycles. The molecule has 92 valence electrons. The number of fused-ring (bicyclic) bond motifs is 2. The molecule has 1 aromatic rings. The highest BCUT2D eigenvalue weighted by Crippen LogP contribution is 2.52. The van der Waals surface area contributed by atoms with Gasteiger partial charge in [-0.1, -0.05) is 11.6 Å². The van der Waals surface area contributed by atoms with Crippen molar-refractivity contribution in [1.82, 2.24) is 15.5 Å². The molecule has 2 aliphatic carbocycles. The molecule has 1 aromatic heterocycles. The van der Waals surface area contributed by atoms with Crippen molar-refractivity contribution in [2.45, 2.75) is 50.5 Å². The van der Waals surface area contributed by atoms with E-state index in [0.29, 0.717) is 12.0 Å². The summed E-state index contributed by atoms with van der Waals surface area (Å²) in [4.78, 5) is 4.65. The van der Waals surface area contributed by atoms with Gasteiger partial charge in [-0.2, -0.15) is 4.98 Å². The van der Waals surface area contributed by atoms with Crippen LogP contribution in [0.2, 0.25) is 0 Å². The van der Waals surface area contributed by atoms with Crippen LogP contribution in [0.25, 0.3) is 0 Å². The smallest absolute Gasteiger partial charge is 0.243 e. The largest absolute Gasteiger partial charge is 0.338 e. The molecular formula is C13H19N3O. The zero-order valence-electron chi connectivity index (χ0n) is 10.1. The van der Waals surface area contributed by atoms with Gasteiger partial charge in [-0.05, 0) is 50.5 Å². The third kappa shape index (κ3) is 1.61. The predicted molar refractivity (Wildman–Crippen MR) is 62.5 cm³/mol. The summed E-state index contributed by atoms with van der Waals surface area (Å²) in [6.07, 6.45) is 7.85. The van der Waals surface area contributed by atoms with E-state index in [1.807, 2.05) is 0 Å². The Hall–Kier alpha value is -0.900. The summed E-state index contributed by atoms with van der Waals surface area (Å²) in [5.74, 6) is 4.17. The van der Waals surface area contributed by atoms with Crippen molar-refractivity contribution in [3.05, 3.63) is 11.7 Å². The van der Waals surface area contributed by atoms with Gasteiger partial charge in [-0.15, -0.1) is 0 Å². The number of aromatic nitrogens is 2. The van der Waals surface area contributed by atoms with E-state index in [0.717, 1.165) is 36.5 Å². The van der Waals surface area contributed by atoms with E-state index in [2.05, 4.69) is 15.5 Å². The minimum atomic E-state index is 0.315. The molecular weight excluding hydrogens is 214 g/mol. The van der Waals surface area contributed by atoms with Crippen molar-refractivity contribution < 1.29 is 4.52 Å². The van der Waals surface area contributed by atoms with E-state index in [9.17, 15) is 0 Å². The topological polar surface area (TPSA) is 51.0 Å². The van der Waals surface area contributed by atoms with Crippen LogP contribution >= 0.6 is 0 Å². The van der Waals surface area contributed by atoms with Gasteiger partial charge in [0.2, 0.25) is 5.89 Å². The lowest BCUT2D eigenvalue weighted by molar-refractivity contribution is 0.330. The fourth-order valence-electron chi connectivity index (χ4n) is 4.00. The Bertz CT molecular complexity index is 411. The lowest BCUT2D eigenvalue weighted by atomic mass is 9.88. The van der Waals surface area contributed by atoms with Crippen LogP contribution in [-0.4, -0.2) is 16.7 Å². The number of nitrogens with zero attached hydrogens (tertiary/aromatic N) is 2. The van der Waals surface area contributed by atoms with Crippen LogP contribution in [0.3, 0.4) is 0 Å². The zero-order chi connectivity index (χ0) is 11.2. The number of nitrogens with one attached hydrogen (secondary N) is 1. The summed E-state index contributed by atoms with van der Waals surface area (Å²) < 4.78 is 5.45. The Kier molecular flexibility index (Phi) is 2.25. The Labute approximate surface area is 101 Å². The van der Waals surface area contributed by atoms with Crippen LogP contribution in [0.5, 0.6) is 0 Å². The molecule has 4 nitrogen and oxygen atoms in total. The van der Waals surface area contributed by atoms with Crippen molar-refractivity contribution in [3.63, 3.8) is 0 Å². The Morgan fingerprint density at radius 2 is 2.18 bits per heavy atom. The second kappa shape index (κ2) is 3.80. The van der Waals surface area contributed by atoms with Crippen LogP contribution in [0, 0.1) is 11.8 Å². The predicted octanol–water partition coefficient (Wildman–Crippen LogP) is 2.40. The Balaban J connectivity index is 1.54. The van der Waals surface area contributed by atoms with E-state index in [-0.39, 0.29) is 0 Å². The summed E-state index contributed by atoms with van der Waals surface area (Å²) in [6.45, 7) is 1.08. The molecule has 3 unspecified atom stereocenters. The number of rotatable bonds is 2. The van der Waals surface area contributed by atoms with Gasteiger partial charge in [0, 0.05) is 5.92 Å². The molecule has 4 heteroatoms. The molecule has 2 heterocycles. The van der Waals surface area contributed by atoms with Crippen LogP contribution < -0.4 is 5.32 Å². The van der Waals surface area contributed by atoms with Gasteiger partial charge < -0.3 is 9.84 Å². The van der Waals surface area contributed by atoms with Crippen molar-refractivity contribution in [3.8, 4) is 0 Å². The lowest BCUT2D eigenvalue weighted by Gasteiger charge is -2.17. The van der Waals surface area contributed by atoms with Crippen LogP contribution in [0.1, 0.15) is 62.2 Å². The average molecular weight is 233 g/mol. The van der Waals surface area contributed by atoms with Gasteiger partial charge in [-0.25, -0.2) is 0 Å². The first kappa shape index (κ1) is 10.1. The molecule has 4 rings (SSSR count). The summed E-state index contributed by atoms with van der Waals surface area (Å²) in [5.41, 5.74) is 0. The SMILES string of the molecule is C1CN[C@@H](c2nc(C3CC4CCC3C4)no2)C1. The third-order valence-corrected chi connectivity index (χ3v) is 4.89. The van der Waals surface area contributed by atoms with Crippen molar-refractivity contribution >= 4 is 0 Å². The quantitative estimate of drug-likeness (QED) is 0.852. The van der Waals surface area contributed by atoms with E-state index in [4.69, 9.17) is 4.52 Å². The first-order chi connectivity index (χ1) is 8.40. The fourth-order valence-corrected chi connectivity index (χ4v) is 4.00. The van der Waals surface area contributed by atoms with Crippen LogP contribution in [0.4, 0.5) is 0 Å². The number of hydrogen-bond donors (Lipinski definition) is 1. The van der Waals surface area contributed by atoms with Gasteiger partial charge in [0.05, 0.1) is 6.04 Å². The van der Waals surface area contributed by atoms with E-state index in [1.165, 1.54) is 32.1 Å². The first-order valence-corrected chi connectivity index (χ1v) is 6.97. The summed E-state index contributed by atoms with van der Waals surface area (Å²) in [5, 5.41) is 7.65. The molecule has 2 bridgehead atoms. The Morgan fingerprint density at radius 3 is 2.88 bits per heavy atom. The summed E-state index contributed by atoms with van der Waals surface area (Å²) >= 11 is 0. The molecule has 0 radical (unpaired) electrons. The highest BCUT2D eigenvalue weighted by molar-refractivity contribution is 5.07. The van der Waals surface area contributed by atoms with Gasteiger partial charge in [-0.3, -0.25) is 0 Å². The maximum absolute atomic E-state index is 5.45. The molecule has 17 heavy (non-hydrogen) atoms. The van der Waals surface area contributed by atoms with E-state index >= 15 is 0 Å². The molecule has 3 aliphatic rings. The maximum Gasteiger partial charge on any atom is 0.243 e. The summed E-state index contributed by atoms with van der Waals surface area (Å²) in [7, 11) is 0. The first-order valence-electron chi connectivity index (χ1n) is 6.97. The molecule has 4 atom stereocenters. The summed E-state index contributed by atoms with van der Waals surface area (Å²) in [6, 6.07) is 0.315. The van der Waals surface area contributed by atoms with Gasteiger partial charge in [0.1, 0.15) is 0 Å². The minimum absolute atomic E-state index is 0.315. The van der Waals surface area contributed by atoms with Crippen molar-refractivity contribution in [2.75, 3.05) is 6.54 Å². The number of hydrogen-bond acceptors (Lipinski definition) is 4. The second-order valence-electron chi connectivity index (χ2n) is 5.92. The molecule has 1 N–H and O–H groups in total. The highest BCUT2D eigenvalue weighted by atomic mass is 16.5. The zero-order valence-corrected chi connectivity index (χ0v) is 10.1. The third-order valence-electron chi connectivity index (χ3n) is 4.89. The lowest BCUT2D eigenvalue weighted by Crippen LogP contribution is -2.14. The van der Waals surface area contributed by atoms with Crippen molar-refractivity contribution in [2.24, 2.45) is 11.8 Å². The van der Waals surface area contributed by atoms with Crippen LogP contribution in [0.15, 0.2) is 4.52 Å². The normalized spacial score (nSPS) is 40.2.